The van der Waals surface area contributed by atoms with Crippen LogP contribution in [0.1, 0.15) is 23.0 Å². The highest BCUT2D eigenvalue weighted by atomic mass is 32.2. The molecule has 0 aliphatic carbocycles. The largest absolute Gasteiger partial charge is 0.365 e. The topological polar surface area (TPSA) is 134 Å². The van der Waals surface area contributed by atoms with Gasteiger partial charge in [0, 0.05) is 16.3 Å². The van der Waals surface area contributed by atoms with Crippen molar-refractivity contribution in [3.05, 3.63) is 82.3 Å². The molecule has 9 nitrogen and oxygen atoms in total. The summed E-state index contributed by atoms with van der Waals surface area (Å²) in [5.74, 6) is 0.0361. The molecule has 0 saturated carbocycles. The van der Waals surface area contributed by atoms with E-state index in [9.17, 15) is 13.2 Å². The minimum absolute atomic E-state index is 0.0361. The van der Waals surface area contributed by atoms with Gasteiger partial charge in [-0.2, -0.15) is 8.42 Å². The van der Waals surface area contributed by atoms with Gasteiger partial charge in [0.15, 0.2) is 10.9 Å². The first-order valence-electron chi connectivity index (χ1n) is 11.0. The fraction of sp³-hybridized carbons (Fsp3) is 0.208. The zero-order valence-electron chi connectivity index (χ0n) is 18.8. The van der Waals surface area contributed by atoms with Gasteiger partial charge < -0.3 is 10.1 Å². The van der Waals surface area contributed by atoms with Crippen molar-refractivity contribution in [1.82, 2.24) is 9.97 Å². The van der Waals surface area contributed by atoms with Crippen molar-refractivity contribution in [1.29, 1.82) is 0 Å². The van der Waals surface area contributed by atoms with E-state index in [2.05, 4.69) is 10.3 Å². The number of benzene rings is 2. The van der Waals surface area contributed by atoms with E-state index >= 15 is 0 Å². The van der Waals surface area contributed by atoms with Gasteiger partial charge >= 0.3 is 10.3 Å². The lowest BCUT2D eigenvalue weighted by Gasteiger charge is -2.17. The summed E-state index contributed by atoms with van der Waals surface area (Å²) in [5.41, 5.74) is 3.77. The van der Waals surface area contributed by atoms with E-state index in [0.717, 1.165) is 21.8 Å². The fourth-order valence-electron chi connectivity index (χ4n) is 3.61. The van der Waals surface area contributed by atoms with Gasteiger partial charge in [0.2, 0.25) is 0 Å². The molecular formula is C24H22N4O5S3. The molecule has 12 heteroatoms. The van der Waals surface area contributed by atoms with Crippen LogP contribution in [0.15, 0.2) is 65.4 Å². The number of anilines is 2. The summed E-state index contributed by atoms with van der Waals surface area (Å²) in [6, 6.07) is 16.5. The molecule has 1 unspecified atom stereocenters. The van der Waals surface area contributed by atoms with Gasteiger partial charge in [-0.25, -0.2) is 9.97 Å². The van der Waals surface area contributed by atoms with E-state index in [1.54, 1.807) is 35.6 Å². The molecule has 1 aliphatic heterocycles. The summed E-state index contributed by atoms with van der Waals surface area (Å²) in [6.07, 6.45) is 0.499. The molecule has 5 rings (SSSR count). The van der Waals surface area contributed by atoms with Crippen LogP contribution < -0.4 is 10.0 Å². The number of rotatable bonds is 11. The van der Waals surface area contributed by atoms with E-state index in [1.165, 1.54) is 11.3 Å². The lowest BCUT2D eigenvalue weighted by molar-refractivity contribution is -0.119. The van der Waals surface area contributed by atoms with Crippen molar-refractivity contribution < 1.29 is 22.5 Å². The Kier molecular flexibility index (Phi) is 7.12. The van der Waals surface area contributed by atoms with Gasteiger partial charge in [-0.15, -0.1) is 22.7 Å². The summed E-state index contributed by atoms with van der Waals surface area (Å²) >= 11 is 2.98. The quantitative estimate of drug-likeness (QED) is 0.188. The SMILES string of the molecule is O=C(Cc1csc(N[C@@H](Cc2ccc(NS(=O)(=O)O)cc2)c2csc(-c3ccccc3)n2)n1)C1CO1. The van der Waals surface area contributed by atoms with Gasteiger partial charge in [-0.3, -0.25) is 14.1 Å². The Morgan fingerprint density at radius 3 is 2.53 bits per heavy atom. The first-order valence-corrected chi connectivity index (χ1v) is 14.2. The van der Waals surface area contributed by atoms with Gasteiger partial charge in [-0.05, 0) is 24.1 Å². The molecule has 0 spiro atoms. The third kappa shape index (κ3) is 6.53. The first kappa shape index (κ1) is 24.5. The number of epoxide rings is 1. The zero-order chi connectivity index (χ0) is 25.1. The van der Waals surface area contributed by atoms with Crippen LogP contribution in [0.4, 0.5) is 10.8 Å². The molecule has 3 heterocycles. The second kappa shape index (κ2) is 10.4. The normalized spacial score (nSPS) is 15.9. The number of ether oxygens (including phenoxy) is 1. The average molecular weight is 543 g/mol. The second-order valence-electron chi connectivity index (χ2n) is 8.23. The van der Waals surface area contributed by atoms with Crippen LogP contribution in [0.25, 0.3) is 10.6 Å². The summed E-state index contributed by atoms with van der Waals surface area (Å²) < 4.78 is 38.2. The molecule has 3 N–H and O–H groups in total. The number of thiazole rings is 2. The van der Waals surface area contributed by atoms with E-state index in [1.807, 2.05) is 45.8 Å². The molecule has 2 atom stereocenters. The highest BCUT2D eigenvalue weighted by Gasteiger charge is 2.31. The highest BCUT2D eigenvalue weighted by molar-refractivity contribution is 7.87. The van der Waals surface area contributed by atoms with E-state index in [-0.39, 0.29) is 30.0 Å². The standard InChI is InChI=1S/C24H22N4O5S3/c29-21(22-12-33-22)11-18-13-35-24(25-18)27-19(10-15-6-8-17(9-7-15)28-36(30,31)32)20-14-34-23(26-20)16-4-2-1-3-5-16/h1-9,13-14,19,22,28H,10-12H2,(H,25,27)(H,30,31,32)/t19-,22?/m0/s1. The predicted molar refractivity (Wildman–Crippen MR) is 140 cm³/mol. The Morgan fingerprint density at radius 1 is 1.08 bits per heavy atom. The van der Waals surface area contributed by atoms with E-state index < -0.39 is 10.3 Å². The van der Waals surface area contributed by atoms with Crippen molar-refractivity contribution in [3.8, 4) is 10.6 Å². The van der Waals surface area contributed by atoms with Crippen LogP contribution in [-0.2, 0) is 32.7 Å². The Morgan fingerprint density at radius 2 is 1.83 bits per heavy atom. The fourth-order valence-corrected chi connectivity index (χ4v) is 5.69. The van der Waals surface area contributed by atoms with Crippen molar-refractivity contribution in [3.63, 3.8) is 0 Å². The smallest absolute Gasteiger partial charge is 0.357 e. The molecule has 0 amide bonds. The summed E-state index contributed by atoms with van der Waals surface area (Å²) in [6.45, 7) is 0.488. The Bertz CT molecular complexity index is 1450. The summed E-state index contributed by atoms with van der Waals surface area (Å²) in [7, 11) is -4.34. The van der Waals surface area contributed by atoms with Gasteiger partial charge in [-0.1, -0.05) is 42.5 Å². The number of carbonyl (C=O) groups excluding carboxylic acids is 1. The monoisotopic (exact) mass is 542 g/mol. The molecule has 0 radical (unpaired) electrons. The molecule has 1 fully saturated rings. The van der Waals surface area contributed by atoms with Crippen LogP contribution in [0.5, 0.6) is 0 Å². The molecule has 186 valence electrons. The molecule has 2 aromatic heterocycles. The molecule has 36 heavy (non-hydrogen) atoms. The zero-order valence-corrected chi connectivity index (χ0v) is 21.3. The number of nitrogens with one attached hydrogen (secondary N) is 2. The van der Waals surface area contributed by atoms with E-state index in [0.29, 0.717) is 23.9 Å². The highest BCUT2D eigenvalue weighted by Crippen LogP contribution is 2.31. The number of hydrogen-bond acceptors (Lipinski definition) is 9. The average Bonchev–Trinajstić information content (AvgIpc) is 3.43. The third-order valence-electron chi connectivity index (χ3n) is 5.44. The maximum absolute atomic E-state index is 12.1. The van der Waals surface area contributed by atoms with Crippen LogP contribution in [0.3, 0.4) is 0 Å². The van der Waals surface area contributed by atoms with Crippen molar-refractivity contribution in [2.75, 3.05) is 16.6 Å². The van der Waals surface area contributed by atoms with E-state index in [4.69, 9.17) is 14.3 Å². The summed E-state index contributed by atoms with van der Waals surface area (Å²) in [5, 5.41) is 8.92. The van der Waals surface area contributed by atoms with Crippen molar-refractivity contribution >= 4 is 49.6 Å². The predicted octanol–water partition coefficient (Wildman–Crippen LogP) is 4.39. The van der Waals surface area contributed by atoms with Crippen LogP contribution in [0.2, 0.25) is 0 Å². The lowest BCUT2D eigenvalue weighted by atomic mass is 10.0. The molecule has 0 bridgehead atoms. The third-order valence-corrected chi connectivity index (χ3v) is 7.66. The molecule has 1 saturated heterocycles. The van der Waals surface area contributed by atoms with Crippen molar-refractivity contribution in [2.24, 2.45) is 0 Å². The van der Waals surface area contributed by atoms with Crippen LogP contribution in [-0.4, -0.2) is 41.4 Å². The lowest BCUT2D eigenvalue weighted by Crippen LogP contribution is -2.15. The van der Waals surface area contributed by atoms with Gasteiger partial charge in [0.05, 0.1) is 36.1 Å². The number of nitrogens with zero attached hydrogens (tertiary/aromatic N) is 2. The Labute approximate surface area is 216 Å². The summed E-state index contributed by atoms with van der Waals surface area (Å²) in [4.78, 5) is 21.5. The second-order valence-corrected chi connectivity index (χ2v) is 11.1. The minimum atomic E-state index is -4.34. The number of carbonyl (C=O) groups is 1. The Hall–Kier alpha value is -3.16. The molecule has 2 aromatic carbocycles. The molecule has 4 aromatic rings. The number of Topliss-reactive ketones (excluding diaryl/α,β-unsaturated/α-hetero) is 1. The van der Waals surface area contributed by atoms with Gasteiger partial charge in [0.25, 0.3) is 0 Å². The molecular weight excluding hydrogens is 520 g/mol. The first-order chi connectivity index (χ1) is 17.3. The number of aromatic nitrogens is 2. The molecule has 1 aliphatic rings. The van der Waals surface area contributed by atoms with Crippen LogP contribution in [0, 0.1) is 0 Å². The number of hydrogen-bond donors (Lipinski definition) is 3. The minimum Gasteiger partial charge on any atom is -0.365 e. The Balaban J connectivity index is 1.36. The maximum Gasteiger partial charge on any atom is 0.357 e. The van der Waals surface area contributed by atoms with Crippen molar-refractivity contribution in [2.45, 2.75) is 25.0 Å². The van der Waals surface area contributed by atoms with Gasteiger partial charge in [0.1, 0.15) is 11.1 Å². The maximum atomic E-state index is 12.1. The number of ketones is 1. The van der Waals surface area contributed by atoms with Crippen LogP contribution >= 0.6 is 22.7 Å².